The molecule has 0 saturated heterocycles. The molecular formula is C28H20ClF3N2O4. The minimum atomic E-state index is -4.79. The molecule has 0 amide bonds. The molecule has 0 aliphatic carbocycles. The van der Waals surface area contributed by atoms with Gasteiger partial charge in [-0.25, -0.2) is 0 Å². The maximum absolute atomic E-state index is 12.6. The van der Waals surface area contributed by atoms with Crippen LogP contribution in [-0.2, 0) is 16.0 Å². The molecule has 10 heteroatoms. The topological polar surface area (TPSA) is 62.6 Å². The number of carbonyl (C=O) groups excluding carboxylic acids is 1. The number of nitrogens with zero attached hydrogens (tertiary/aromatic N) is 2. The zero-order valence-corrected chi connectivity index (χ0v) is 20.7. The van der Waals surface area contributed by atoms with E-state index < -0.39 is 12.3 Å². The van der Waals surface area contributed by atoms with Gasteiger partial charge in [-0.2, -0.15) is 0 Å². The van der Waals surface area contributed by atoms with Crippen molar-refractivity contribution in [3.63, 3.8) is 0 Å². The van der Waals surface area contributed by atoms with E-state index >= 15 is 0 Å². The zero-order valence-electron chi connectivity index (χ0n) is 20.0. The van der Waals surface area contributed by atoms with Crippen LogP contribution >= 0.6 is 11.6 Å². The third-order valence-corrected chi connectivity index (χ3v) is 5.94. The van der Waals surface area contributed by atoms with Gasteiger partial charge < -0.3 is 18.8 Å². The Bertz CT molecular complexity index is 1630. The number of ether oxygens (including phenoxy) is 3. The molecule has 0 N–H and O–H groups in total. The van der Waals surface area contributed by atoms with Crippen molar-refractivity contribution in [2.45, 2.75) is 19.7 Å². The van der Waals surface area contributed by atoms with Crippen molar-refractivity contribution in [2.24, 2.45) is 0 Å². The molecule has 0 saturated carbocycles. The molecule has 194 valence electrons. The molecule has 3 aromatic carbocycles. The van der Waals surface area contributed by atoms with E-state index in [0.29, 0.717) is 33.4 Å². The Labute approximate surface area is 220 Å². The zero-order chi connectivity index (χ0) is 26.9. The monoisotopic (exact) mass is 540 g/mol. The van der Waals surface area contributed by atoms with Crippen molar-refractivity contribution >= 4 is 39.4 Å². The highest BCUT2D eigenvalue weighted by Gasteiger charge is 2.31. The third kappa shape index (κ3) is 5.52. The van der Waals surface area contributed by atoms with E-state index in [0.717, 1.165) is 16.3 Å². The minimum Gasteiger partial charge on any atom is -0.466 e. The molecule has 2 heterocycles. The van der Waals surface area contributed by atoms with Crippen molar-refractivity contribution < 1.29 is 32.2 Å². The summed E-state index contributed by atoms with van der Waals surface area (Å²) in [5.41, 5.74) is 2.58. The first kappa shape index (κ1) is 25.4. The van der Waals surface area contributed by atoms with Crippen LogP contribution < -0.4 is 9.47 Å². The summed E-state index contributed by atoms with van der Waals surface area (Å²) in [6.07, 6.45) is -3.19. The molecule has 38 heavy (non-hydrogen) atoms. The van der Waals surface area contributed by atoms with Gasteiger partial charge in [-0.05, 0) is 79.7 Å². The molecule has 0 unspecified atom stereocenters. The molecule has 2 aromatic heterocycles. The summed E-state index contributed by atoms with van der Waals surface area (Å²) >= 11 is 6.08. The number of benzene rings is 3. The quantitative estimate of drug-likeness (QED) is 0.199. The summed E-state index contributed by atoms with van der Waals surface area (Å²) in [5, 5.41) is 2.12. The van der Waals surface area contributed by atoms with Crippen LogP contribution in [0.5, 0.6) is 17.2 Å². The second-order valence-electron chi connectivity index (χ2n) is 8.29. The van der Waals surface area contributed by atoms with E-state index in [4.69, 9.17) is 21.1 Å². The fourth-order valence-electron chi connectivity index (χ4n) is 4.22. The van der Waals surface area contributed by atoms with Crippen LogP contribution in [0.1, 0.15) is 12.6 Å². The number of alkyl halides is 3. The lowest BCUT2D eigenvalue weighted by Gasteiger charge is -2.13. The summed E-state index contributed by atoms with van der Waals surface area (Å²) < 4.78 is 54.9. The number of hydrogen-bond donors (Lipinski definition) is 0. The van der Waals surface area contributed by atoms with Crippen LogP contribution in [0.25, 0.3) is 27.5 Å². The van der Waals surface area contributed by atoms with Crippen LogP contribution in [0.4, 0.5) is 13.2 Å². The second-order valence-corrected chi connectivity index (χ2v) is 8.72. The smallest absolute Gasteiger partial charge is 0.466 e. The molecule has 5 rings (SSSR count). The van der Waals surface area contributed by atoms with Crippen molar-refractivity contribution in [2.75, 3.05) is 6.61 Å². The van der Waals surface area contributed by atoms with Gasteiger partial charge in [-0.1, -0.05) is 11.6 Å². The van der Waals surface area contributed by atoms with E-state index in [-0.39, 0.29) is 18.8 Å². The van der Waals surface area contributed by atoms with E-state index in [1.807, 2.05) is 24.3 Å². The average molecular weight is 541 g/mol. The molecule has 0 aliphatic rings. The van der Waals surface area contributed by atoms with Crippen molar-refractivity contribution in [1.82, 2.24) is 9.55 Å². The summed E-state index contributed by atoms with van der Waals surface area (Å²) in [4.78, 5) is 16.6. The fourth-order valence-corrected chi connectivity index (χ4v) is 4.38. The summed E-state index contributed by atoms with van der Waals surface area (Å²) in [6, 6.07) is 19.8. The van der Waals surface area contributed by atoms with Gasteiger partial charge in [0.1, 0.15) is 17.2 Å². The number of rotatable bonds is 7. The number of hydrogen-bond acceptors (Lipinski definition) is 5. The van der Waals surface area contributed by atoms with Gasteiger partial charge >= 0.3 is 12.3 Å². The van der Waals surface area contributed by atoms with Crippen LogP contribution in [0, 0.1) is 0 Å². The third-order valence-electron chi connectivity index (χ3n) is 5.70. The van der Waals surface area contributed by atoms with Gasteiger partial charge in [0.2, 0.25) is 0 Å². The average Bonchev–Trinajstić information content (AvgIpc) is 3.20. The van der Waals surface area contributed by atoms with Crippen LogP contribution in [0.3, 0.4) is 0 Å². The lowest BCUT2D eigenvalue weighted by Crippen LogP contribution is -2.17. The van der Waals surface area contributed by atoms with Gasteiger partial charge in [-0.3, -0.25) is 9.78 Å². The molecule has 0 bridgehead atoms. The van der Waals surface area contributed by atoms with Gasteiger partial charge in [-0.15, -0.1) is 13.2 Å². The summed E-state index contributed by atoms with van der Waals surface area (Å²) in [6.45, 7) is 1.94. The van der Waals surface area contributed by atoms with Gasteiger partial charge in [0.25, 0.3) is 0 Å². The second kappa shape index (κ2) is 10.3. The van der Waals surface area contributed by atoms with Gasteiger partial charge in [0, 0.05) is 33.4 Å². The highest BCUT2D eigenvalue weighted by molar-refractivity contribution is 6.31. The molecule has 0 atom stereocenters. The highest BCUT2D eigenvalue weighted by Crippen LogP contribution is 2.34. The Morgan fingerprint density at radius 2 is 1.74 bits per heavy atom. The Morgan fingerprint density at radius 1 is 0.974 bits per heavy atom. The molecule has 0 aliphatic heterocycles. The first-order valence-electron chi connectivity index (χ1n) is 11.6. The molecular weight excluding hydrogens is 521 g/mol. The number of aromatic nitrogens is 2. The lowest BCUT2D eigenvalue weighted by molar-refractivity contribution is -0.274. The first-order chi connectivity index (χ1) is 18.2. The maximum atomic E-state index is 12.6. The molecule has 0 radical (unpaired) electrons. The normalized spacial score (nSPS) is 11.6. The van der Waals surface area contributed by atoms with Crippen molar-refractivity contribution in [3.05, 3.63) is 89.7 Å². The number of esters is 1. The molecule has 6 nitrogen and oxygen atoms in total. The van der Waals surface area contributed by atoms with Crippen molar-refractivity contribution in [1.29, 1.82) is 0 Å². The summed E-state index contributed by atoms with van der Waals surface area (Å²) in [5.74, 6) is 0.379. The Hall–Kier alpha value is -4.24. The van der Waals surface area contributed by atoms with Crippen LogP contribution in [-0.4, -0.2) is 28.5 Å². The predicted octanol–water partition coefficient (Wildman–Crippen LogP) is 7.63. The van der Waals surface area contributed by atoms with Crippen LogP contribution in [0.2, 0.25) is 5.02 Å². The van der Waals surface area contributed by atoms with E-state index in [2.05, 4.69) is 9.72 Å². The van der Waals surface area contributed by atoms with E-state index in [1.54, 1.807) is 42.0 Å². The first-order valence-corrected chi connectivity index (χ1v) is 12.0. The number of fused-ring (bicyclic) bond motifs is 2. The predicted molar refractivity (Wildman–Crippen MR) is 137 cm³/mol. The highest BCUT2D eigenvalue weighted by atomic mass is 35.5. The lowest BCUT2D eigenvalue weighted by atomic mass is 10.2. The Balaban J connectivity index is 1.53. The van der Waals surface area contributed by atoms with E-state index in [1.165, 1.54) is 24.3 Å². The summed E-state index contributed by atoms with van der Waals surface area (Å²) in [7, 11) is 0. The Morgan fingerprint density at radius 3 is 2.47 bits per heavy atom. The minimum absolute atomic E-state index is 0.0325. The molecule has 0 spiro atoms. The van der Waals surface area contributed by atoms with Gasteiger partial charge in [0.15, 0.2) is 0 Å². The fraction of sp³-hybridized carbons (Fsp3) is 0.143. The Kier molecular flexibility index (Phi) is 6.86. The van der Waals surface area contributed by atoms with Crippen molar-refractivity contribution in [3.8, 4) is 22.9 Å². The standard InChI is InChI=1S/C28H20ClF3N2O4/c1-2-36-27(35)16-20-13-17-14-22(37-26-11-12-33-24-15-18(29)3-9-23(24)26)8-10-25(17)34(20)19-4-6-21(7-5-19)38-28(30,31)32/h3-15H,2,16H2,1H3. The molecule has 5 aromatic rings. The number of carbonyl (C=O) groups is 1. The number of pyridine rings is 1. The van der Waals surface area contributed by atoms with E-state index in [9.17, 15) is 18.0 Å². The maximum Gasteiger partial charge on any atom is 0.573 e. The van der Waals surface area contributed by atoms with Gasteiger partial charge in [0.05, 0.1) is 24.1 Å². The SMILES string of the molecule is CCOC(=O)Cc1cc2cc(Oc3ccnc4cc(Cl)ccc34)ccc2n1-c1ccc(OC(F)(F)F)cc1. The molecule has 0 fully saturated rings. The van der Waals surface area contributed by atoms with Crippen LogP contribution in [0.15, 0.2) is 79.0 Å². The largest absolute Gasteiger partial charge is 0.573 e. The number of halogens is 4.